The molecule has 19 heavy (non-hydrogen) atoms. The third-order valence-corrected chi connectivity index (χ3v) is 3.24. The summed E-state index contributed by atoms with van der Waals surface area (Å²) in [7, 11) is 0. The molecule has 0 aliphatic heterocycles. The molecule has 1 nitrogen and oxygen atoms in total. The molecular formula is C14H8Cl2F2O. The third-order valence-electron chi connectivity index (χ3n) is 2.70. The summed E-state index contributed by atoms with van der Waals surface area (Å²) in [6.45, 7) is 1.42. The Morgan fingerprint density at radius 2 is 1.63 bits per heavy atom. The van der Waals surface area contributed by atoms with Crippen molar-refractivity contribution in [2.45, 2.75) is 6.92 Å². The third kappa shape index (κ3) is 2.62. The van der Waals surface area contributed by atoms with Gasteiger partial charge in [0.25, 0.3) is 0 Å². The molecule has 0 aromatic heterocycles. The smallest absolute Gasteiger partial charge is 0.197 e. The second-order valence-corrected chi connectivity index (χ2v) is 4.85. The maximum atomic E-state index is 13.7. The molecule has 0 N–H and O–H groups in total. The molecule has 0 saturated heterocycles. The number of rotatable bonds is 2. The van der Waals surface area contributed by atoms with Gasteiger partial charge >= 0.3 is 0 Å². The molecule has 0 fully saturated rings. The van der Waals surface area contributed by atoms with Gasteiger partial charge < -0.3 is 0 Å². The lowest BCUT2D eigenvalue weighted by Gasteiger charge is -2.07. The van der Waals surface area contributed by atoms with Gasteiger partial charge in [-0.05, 0) is 36.8 Å². The Bertz CT molecular complexity index is 669. The van der Waals surface area contributed by atoms with Crippen molar-refractivity contribution in [3.8, 4) is 0 Å². The van der Waals surface area contributed by atoms with E-state index in [4.69, 9.17) is 23.2 Å². The second-order valence-electron chi connectivity index (χ2n) is 4.01. The monoisotopic (exact) mass is 300 g/mol. The van der Waals surface area contributed by atoms with Gasteiger partial charge in [0.05, 0.1) is 10.6 Å². The predicted octanol–water partition coefficient (Wildman–Crippen LogP) is 4.81. The maximum Gasteiger partial charge on any atom is 0.197 e. The van der Waals surface area contributed by atoms with E-state index in [2.05, 4.69) is 0 Å². The predicted molar refractivity (Wildman–Crippen MR) is 71.0 cm³/mol. The van der Waals surface area contributed by atoms with Crippen LogP contribution in [0.5, 0.6) is 0 Å². The Kier molecular flexibility index (Phi) is 3.88. The topological polar surface area (TPSA) is 17.1 Å². The van der Waals surface area contributed by atoms with Gasteiger partial charge in [0.2, 0.25) is 0 Å². The van der Waals surface area contributed by atoms with Crippen molar-refractivity contribution in [2.75, 3.05) is 0 Å². The van der Waals surface area contributed by atoms with Gasteiger partial charge in [0.15, 0.2) is 17.4 Å². The van der Waals surface area contributed by atoms with Crippen LogP contribution in [-0.2, 0) is 0 Å². The molecule has 2 aromatic carbocycles. The van der Waals surface area contributed by atoms with Crippen molar-refractivity contribution in [2.24, 2.45) is 0 Å². The van der Waals surface area contributed by atoms with Crippen LogP contribution in [0.2, 0.25) is 10.0 Å². The zero-order valence-electron chi connectivity index (χ0n) is 9.81. The number of aryl methyl sites for hydroxylation is 1. The van der Waals surface area contributed by atoms with Crippen molar-refractivity contribution >= 4 is 29.0 Å². The highest BCUT2D eigenvalue weighted by Crippen LogP contribution is 2.25. The molecule has 98 valence electrons. The summed E-state index contributed by atoms with van der Waals surface area (Å²) in [5.74, 6) is -2.88. The maximum absolute atomic E-state index is 13.7. The summed E-state index contributed by atoms with van der Waals surface area (Å²) in [6.07, 6.45) is 0. The molecule has 0 aliphatic rings. The SMILES string of the molecule is Cc1ccc(C(=O)c2ccc(Cl)cc2Cl)c(F)c1F. The van der Waals surface area contributed by atoms with Crippen LogP contribution in [-0.4, -0.2) is 5.78 Å². The Morgan fingerprint density at radius 1 is 1.00 bits per heavy atom. The molecule has 0 radical (unpaired) electrons. The van der Waals surface area contributed by atoms with Crippen molar-refractivity contribution in [3.63, 3.8) is 0 Å². The molecular weight excluding hydrogens is 293 g/mol. The number of hydrogen-bond donors (Lipinski definition) is 0. The van der Waals surface area contributed by atoms with E-state index in [9.17, 15) is 13.6 Å². The van der Waals surface area contributed by atoms with Crippen LogP contribution < -0.4 is 0 Å². The second kappa shape index (κ2) is 5.27. The standard InChI is InChI=1S/C14H8Cl2F2O/c1-7-2-4-10(13(18)12(7)17)14(19)9-5-3-8(15)6-11(9)16/h2-6H,1H3. The van der Waals surface area contributed by atoms with E-state index in [1.807, 2.05) is 0 Å². The first-order valence-corrected chi connectivity index (χ1v) is 6.11. The van der Waals surface area contributed by atoms with Gasteiger partial charge in [-0.3, -0.25) is 4.79 Å². The fourth-order valence-electron chi connectivity index (χ4n) is 1.64. The fraction of sp³-hybridized carbons (Fsp3) is 0.0714. The Morgan fingerprint density at radius 3 is 2.26 bits per heavy atom. The van der Waals surface area contributed by atoms with E-state index < -0.39 is 17.4 Å². The number of halogens is 4. The van der Waals surface area contributed by atoms with Crippen LogP contribution in [0.15, 0.2) is 30.3 Å². The minimum absolute atomic E-state index is 0.0771. The Hall–Kier alpha value is -1.45. The molecule has 0 amide bonds. The van der Waals surface area contributed by atoms with Crippen LogP contribution in [0.3, 0.4) is 0 Å². The molecule has 5 heteroatoms. The number of carbonyl (C=O) groups is 1. The van der Waals surface area contributed by atoms with E-state index in [1.165, 1.54) is 37.3 Å². The summed E-state index contributed by atoms with van der Waals surface area (Å²) in [5.41, 5.74) is -0.142. The van der Waals surface area contributed by atoms with E-state index in [1.54, 1.807) is 0 Å². The van der Waals surface area contributed by atoms with Crippen molar-refractivity contribution < 1.29 is 13.6 Å². The largest absolute Gasteiger partial charge is 0.288 e. The lowest BCUT2D eigenvalue weighted by molar-refractivity contribution is 0.103. The Labute approximate surface area is 118 Å². The highest BCUT2D eigenvalue weighted by Gasteiger charge is 2.20. The number of carbonyl (C=O) groups excluding carboxylic acids is 1. The van der Waals surface area contributed by atoms with Gasteiger partial charge in [0.1, 0.15) is 0 Å². The average Bonchev–Trinajstić information content (AvgIpc) is 2.35. The van der Waals surface area contributed by atoms with Crippen LogP contribution in [0.4, 0.5) is 8.78 Å². The van der Waals surface area contributed by atoms with Crippen molar-refractivity contribution in [1.29, 1.82) is 0 Å². The van der Waals surface area contributed by atoms with E-state index >= 15 is 0 Å². The zero-order valence-corrected chi connectivity index (χ0v) is 11.3. The van der Waals surface area contributed by atoms with Gasteiger partial charge in [-0.15, -0.1) is 0 Å². The van der Waals surface area contributed by atoms with Gasteiger partial charge in [0, 0.05) is 10.6 Å². The first-order valence-electron chi connectivity index (χ1n) is 5.36. The van der Waals surface area contributed by atoms with Crippen LogP contribution in [0.1, 0.15) is 21.5 Å². The average molecular weight is 301 g/mol. The molecule has 2 rings (SSSR count). The molecule has 2 aromatic rings. The number of hydrogen-bond acceptors (Lipinski definition) is 1. The highest BCUT2D eigenvalue weighted by atomic mass is 35.5. The molecule has 0 aliphatic carbocycles. The summed E-state index contributed by atoms with van der Waals surface area (Å²) >= 11 is 11.6. The van der Waals surface area contributed by atoms with Gasteiger partial charge in [-0.1, -0.05) is 29.3 Å². The lowest BCUT2D eigenvalue weighted by atomic mass is 10.0. The van der Waals surface area contributed by atoms with Crippen LogP contribution >= 0.6 is 23.2 Å². The first-order chi connectivity index (χ1) is 8.91. The summed E-state index contributed by atoms with van der Waals surface area (Å²) < 4.78 is 27.2. The summed E-state index contributed by atoms with van der Waals surface area (Å²) in [6, 6.07) is 6.79. The molecule has 0 unspecified atom stereocenters. The normalized spacial score (nSPS) is 10.6. The highest BCUT2D eigenvalue weighted by molar-refractivity contribution is 6.37. The number of benzene rings is 2. The minimum atomic E-state index is -1.17. The van der Waals surface area contributed by atoms with E-state index in [0.717, 1.165) is 0 Å². The lowest BCUT2D eigenvalue weighted by Crippen LogP contribution is -2.07. The van der Waals surface area contributed by atoms with Gasteiger partial charge in [-0.2, -0.15) is 0 Å². The molecule has 0 saturated carbocycles. The van der Waals surface area contributed by atoms with Crippen LogP contribution in [0.25, 0.3) is 0 Å². The summed E-state index contributed by atoms with van der Waals surface area (Å²) in [5, 5.41) is 0.454. The fourth-order valence-corrected chi connectivity index (χ4v) is 2.13. The minimum Gasteiger partial charge on any atom is -0.288 e. The number of ketones is 1. The first kappa shape index (κ1) is 14.0. The molecule has 0 bridgehead atoms. The van der Waals surface area contributed by atoms with Crippen molar-refractivity contribution in [3.05, 3.63) is 68.7 Å². The molecule has 0 atom stereocenters. The summed E-state index contributed by atoms with van der Waals surface area (Å²) in [4.78, 5) is 12.1. The van der Waals surface area contributed by atoms with E-state index in [-0.39, 0.29) is 21.7 Å². The van der Waals surface area contributed by atoms with E-state index in [0.29, 0.717) is 5.02 Å². The van der Waals surface area contributed by atoms with Crippen molar-refractivity contribution in [1.82, 2.24) is 0 Å². The van der Waals surface area contributed by atoms with Gasteiger partial charge in [-0.25, -0.2) is 8.78 Å². The molecule has 0 heterocycles. The zero-order chi connectivity index (χ0) is 14.2. The molecule has 0 spiro atoms. The van der Waals surface area contributed by atoms with Crippen LogP contribution in [0, 0.1) is 18.6 Å². The quantitative estimate of drug-likeness (QED) is 0.727. The Balaban J connectivity index is 2.53.